The molecule has 8 nitrogen and oxygen atoms in total. The molecule has 1 amide bonds. The van der Waals surface area contributed by atoms with Crippen LogP contribution in [0.4, 0.5) is 5.82 Å². The number of ketones is 1. The average Bonchev–Trinajstić information content (AvgIpc) is 3.48. The molecule has 0 saturated heterocycles. The molecule has 4 aromatic rings. The van der Waals surface area contributed by atoms with E-state index in [-0.39, 0.29) is 36.6 Å². The van der Waals surface area contributed by atoms with Crippen molar-refractivity contribution < 1.29 is 19.1 Å². The molecule has 0 aliphatic rings. The van der Waals surface area contributed by atoms with E-state index in [1.165, 1.54) is 22.2 Å². The Kier molecular flexibility index (Phi) is 6.37. The predicted molar refractivity (Wildman–Crippen MR) is 121 cm³/mol. The molecule has 4 rings (SSSR count). The number of rotatable bonds is 8. The number of anilines is 1. The SMILES string of the molecule is CCOC(=O)c1cnn(-c2ccc3ccccc3n2)c1NC(=O)CCC(=O)c1cccs1. The molecule has 3 aromatic heterocycles. The maximum absolute atomic E-state index is 12.6. The van der Waals surface area contributed by atoms with Crippen LogP contribution in [0.25, 0.3) is 16.7 Å². The van der Waals surface area contributed by atoms with Gasteiger partial charge in [0.2, 0.25) is 5.91 Å². The minimum atomic E-state index is -0.607. The van der Waals surface area contributed by atoms with Crippen molar-refractivity contribution in [2.24, 2.45) is 0 Å². The largest absolute Gasteiger partial charge is 0.462 e. The van der Waals surface area contributed by atoms with Crippen LogP contribution < -0.4 is 5.32 Å². The molecule has 0 spiro atoms. The Hall–Kier alpha value is -3.85. The Morgan fingerprint density at radius 2 is 1.91 bits per heavy atom. The molecule has 0 fully saturated rings. The highest BCUT2D eigenvalue weighted by Crippen LogP contribution is 2.23. The van der Waals surface area contributed by atoms with Crippen molar-refractivity contribution >= 4 is 45.7 Å². The zero-order chi connectivity index (χ0) is 22.5. The number of hydrogen-bond acceptors (Lipinski definition) is 7. The number of nitrogens with one attached hydrogen (secondary N) is 1. The number of nitrogens with zero attached hydrogens (tertiary/aromatic N) is 3. The Morgan fingerprint density at radius 3 is 2.69 bits per heavy atom. The van der Waals surface area contributed by atoms with E-state index in [0.717, 1.165) is 10.9 Å². The molecule has 0 aliphatic heterocycles. The Morgan fingerprint density at radius 1 is 1.06 bits per heavy atom. The maximum Gasteiger partial charge on any atom is 0.343 e. The summed E-state index contributed by atoms with van der Waals surface area (Å²) in [4.78, 5) is 42.5. The van der Waals surface area contributed by atoms with Crippen LogP contribution >= 0.6 is 11.3 Å². The molecule has 32 heavy (non-hydrogen) atoms. The van der Waals surface area contributed by atoms with E-state index in [9.17, 15) is 14.4 Å². The number of hydrogen-bond donors (Lipinski definition) is 1. The van der Waals surface area contributed by atoms with Crippen LogP contribution in [0.1, 0.15) is 39.8 Å². The van der Waals surface area contributed by atoms with Gasteiger partial charge in [0.25, 0.3) is 0 Å². The van der Waals surface area contributed by atoms with Crippen LogP contribution in [-0.2, 0) is 9.53 Å². The molecule has 9 heteroatoms. The molecule has 0 radical (unpaired) electrons. The van der Waals surface area contributed by atoms with Crippen molar-refractivity contribution in [2.45, 2.75) is 19.8 Å². The van der Waals surface area contributed by atoms with Gasteiger partial charge in [-0.15, -0.1) is 11.3 Å². The van der Waals surface area contributed by atoms with E-state index in [2.05, 4.69) is 15.4 Å². The van der Waals surface area contributed by atoms with Crippen LogP contribution in [0, 0.1) is 0 Å². The fraction of sp³-hybridized carbons (Fsp3) is 0.174. The molecular weight excluding hydrogens is 428 g/mol. The molecular formula is C23H20N4O4S. The summed E-state index contributed by atoms with van der Waals surface area (Å²) in [5, 5.41) is 9.74. The number of esters is 1. The van der Waals surface area contributed by atoms with Gasteiger partial charge in [0.05, 0.1) is 23.2 Å². The quantitative estimate of drug-likeness (QED) is 0.319. The lowest BCUT2D eigenvalue weighted by molar-refractivity contribution is -0.116. The average molecular weight is 449 g/mol. The fourth-order valence-corrected chi connectivity index (χ4v) is 3.85. The smallest absolute Gasteiger partial charge is 0.343 e. The minimum absolute atomic E-state index is 0.0324. The van der Waals surface area contributed by atoms with E-state index in [0.29, 0.717) is 10.7 Å². The number of aromatic nitrogens is 3. The van der Waals surface area contributed by atoms with Crippen molar-refractivity contribution in [3.63, 3.8) is 0 Å². The monoisotopic (exact) mass is 448 g/mol. The molecule has 3 heterocycles. The van der Waals surface area contributed by atoms with E-state index in [4.69, 9.17) is 4.74 Å². The van der Waals surface area contributed by atoms with Gasteiger partial charge in [-0.05, 0) is 36.6 Å². The highest BCUT2D eigenvalue weighted by Gasteiger charge is 2.22. The third-order valence-corrected chi connectivity index (χ3v) is 5.61. The highest BCUT2D eigenvalue weighted by molar-refractivity contribution is 7.12. The Bertz CT molecular complexity index is 1280. The van der Waals surface area contributed by atoms with Crippen LogP contribution in [0.15, 0.2) is 60.1 Å². The van der Waals surface area contributed by atoms with Gasteiger partial charge in [-0.1, -0.05) is 24.3 Å². The van der Waals surface area contributed by atoms with Gasteiger partial charge >= 0.3 is 5.97 Å². The van der Waals surface area contributed by atoms with Gasteiger partial charge in [-0.2, -0.15) is 9.78 Å². The predicted octanol–water partition coefficient (Wildman–Crippen LogP) is 4.26. The molecule has 0 unspecified atom stereocenters. The van der Waals surface area contributed by atoms with E-state index >= 15 is 0 Å². The van der Waals surface area contributed by atoms with Crippen molar-refractivity contribution in [2.75, 3.05) is 11.9 Å². The first-order valence-corrected chi connectivity index (χ1v) is 10.9. The van der Waals surface area contributed by atoms with Crippen LogP contribution in [-0.4, -0.2) is 39.0 Å². The van der Waals surface area contributed by atoms with Gasteiger partial charge in [-0.25, -0.2) is 9.78 Å². The van der Waals surface area contributed by atoms with Crippen molar-refractivity contribution in [1.29, 1.82) is 0 Å². The number of ether oxygens (including phenoxy) is 1. The normalized spacial score (nSPS) is 10.8. The second-order valence-electron chi connectivity index (χ2n) is 6.85. The molecule has 162 valence electrons. The molecule has 0 aliphatic carbocycles. The first kappa shape index (κ1) is 21.4. The second-order valence-corrected chi connectivity index (χ2v) is 7.80. The van der Waals surface area contributed by atoms with Gasteiger partial charge in [0.1, 0.15) is 5.56 Å². The lowest BCUT2D eigenvalue weighted by Gasteiger charge is -2.11. The standard InChI is InChI=1S/C23H20N4O4S/c1-2-31-23(30)16-14-24-27(20-11-9-15-6-3-4-7-17(15)25-20)22(16)26-21(29)12-10-18(28)19-8-5-13-32-19/h3-9,11,13-14H,2,10,12H2,1H3,(H,26,29). The van der Waals surface area contributed by atoms with E-state index in [1.54, 1.807) is 25.1 Å². The molecule has 0 atom stereocenters. The van der Waals surface area contributed by atoms with Crippen molar-refractivity contribution in [3.05, 3.63) is 70.5 Å². The fourth-order valence-electron chi connectivity index (χ4n) is 3.16. The lowest BCUT2D eigenvalue weighted by Crippen LogP contribution is -2.19. The molecule has 1 aromatic carbocycles. The summed E-state index contributed by atoms with van der Waals surface area (Å²) in [7, 11) is 0. The van der Waals surface area contributed by atoms with Crippen LogP contribution in [0.2, 0.25) is 0 Å². The van der Waals surface area contributed by atoms with E-state index < -0.39 is 11.9 Å². The summed E-state index contributed by atoms with van der Waals surface area (Å²) < 4.78 is 6.49. The molecule has 0 saturated carbocycles. The zero-order valence-electron chi connectivity index (χ0n) is 17.3. The summed E-state index contributed by atoms with van der Waals surface area (Å²) in [5.41, 5.74) is 0.858. The minimum Gasteiger partial charge on any atom is -0.462 e. The zero-order valence-corrected chi connectivity index (χ0v) is 18.1. The Balaban J connectivity index is 1.60. The third kappa shape index (κ3) is 4.57. The molecule has 1 N–H and O–H groups in total. The topological polar surface area (TPSA) is 103 Å². The number of carbonyl (C=O) groups excluding carboxylic acids is 3. The van der Waals surface area contributed by atoms with Crippen molar-refractivity contribution in [1.82, 2.24) is 14.8 Å². The van der Waals surface area contributed by atoms with Crippen molar-refractivity contribution in [3.8, 4) is 5.82 Å². The number of para-hydroxylation sites is 1. The van der Waals surface area contributed by atoms with Crippen LogP contribution in [0.5, 0.6) is 0 Å². The van der Waals surface area contributed by atoms with Crippen LogP contribution in [0.3, 0.4) is 0 Å². The number of carbonyl (C=O) groups is 3. The number of thiophene rings is 1. The number of Topliss-reactive ketones (excluding diaryl/α,β-unsaturated/α-hetero) is 1. The first-order chi connectivity index (χ1) is 15.6. The second kappa shape index (κ2) is 9.52. The number of amides is 1. The summed E-state index contributed by atoms with van der Waals surface area (Å²) in [5.74, 6) is -0.540. The van der Waals surface area contributed by atoms with Gasteiger partial charge in [-0.3, -0.25) is 9.59 Å². The lowest BCUT2D eigenvalue weighted by atomic mass is 10.2. The van der Waals surface area contributed by atoms with Gasteiger partial charge in [0.15, 0.2) is 17.4 Å². The summed E-state index contributed by atoms with van der Waals surface area (Å²) in [6.45, 7) is 1.88. The Labute approximate surface area is 187 Å². The first-order valence-electron chi connectivity index (χ1n) is 10.0. The third-order valence-electron chi connectivity index (χ3n) is 4.70. The number of benzene rings is 1. The summed E-state index contributed by atoms with van der Waals surface area (Å²) in [6, 6.07) is 14.7. The molecule has 0 bridgehead atoms. The summed E-state index contributed by atoms with van der Waals surface area (Å²) in [6.07, 6.45) is 1.36. The maximum atomic E-state index is 12.6. The summed E-state index contributed by atoms with van der Waals surface area (Å²) >= 11 is 1.34. The number of fused-ring (bicyclic) bond motifs is 1. The van der Waals surface area contributed by atoms with E-state index in [1.807, 2.05) is 35.7 Å². The van der Waals surface area contributed by atoms with Gasteiger partial charge in [0, 0.05) is 18.2 Å². The highest BCUT2D eigenvalue weighted by atomic mass is 32.1. The number of pyridine rings is 1. The van der Waals surface area contributed by atoms with Gasteiger partial charge < -0.3 is 10.1 Å².